The van der Waals surface area contributed by atoms with Gasteiger partial charge in [-0.05, 0) is 28.1 Å². The Labute approximate surface area is 131 Å². The van der Waals surface area contributed by atoms with Gasteiger partial charge in [0, 0.05) is 26.6 Å². The summed E-state index contributed by atoms with van der Waals surface area (Å²) in [5, 5.41) is 0. The lowest BCUT2D eigenvalue weighted by atomic mass is 10.3. The summed E-state index contributed by atoms with van der Waals surface area (Å²) in [6.07, 6.45) is 1.62. The van der Waals surface area contributed by atoms with Crippen LogP contribution in [0.1, 0.15) is 4.88 Å². The SMILES string of the molecule is Nc1cc(Br)cc(Br)c1S(=O)(=O)NCc1cncs1. The Morgan fingerprint density at radius 3 is 2.68 bits per heavy atom. The van der Waals surface area contributed by atoms with E-state index in [2.05, 4.69) is 41.6 Å². The van der Waals surface area contributed by atoms with E-state index in [9.17, 15) is 8.42 Å². The lowest BCUT2D eigenvalue weighted by molar-refractivity contribution is 0.581. The van der Waals surface area contributed by atoms with Gasteiger partial charge in [0.1, 0.15) is 4.90 Å². The van der Waals surface area contributed by atoms with E-state index in [1.165, 1.54) is 11.3 Å². The van der Waals surface area contributed by atoms with E-state index in [4.69, 9.17) is 5.73 Å². The number of thiazole rings is 1. The molecule has 0 fully saturated rings. The van der Waals surface area contributed by atoms with Crippen LogP contribution in [0.2, 0.25) is 0 Å². The Bertz CT molecular complexity index is 664. The number of nitrogens with two attached hydrogens (primary N) is 1. The second-order valence-electron chi connectivity index (χ2n) is 3.60. The molecule has 0 aliphatic carbocycles. The maximum Gasteiger partial charge on any atom is 0.244 e. The number of nitrogens with zero attached hydrogens (tertiary/aromatic N) is 1. The molecule has 9 heteroatoms. The van der Waals surface area contributed by atoms with Crippen LogP contribution >= 0.6 is 43.2 Å². The Balaban J connectivity index is 2.29. The van der Waals surface area contributed by atoms with Crippen molar-refractivity contribution in [2.75, 3.05) is 5.73 Å². The molecule has 0 aliphatic rings. The smallest absolute Gasteiger partial charge is 0.244 e. The average Bonchev–Trinajstić information content (AvgIpc) is 2.77. The normalized spacial score (nSPS) is 11.7. The predicted octanol–water partition coefficient (Wildman–Crippen LogP) is 2.73. The van der Waals surface area contributed by atoms with Crippen molar-refractivity contribution in [2.45, 2.75) is 11.4 Å². The Morgan fingerprint density at radius 1 is 1.37 bits per heavy atom. The number of rotatable bonds is 4. The minimum Gasteiger partial charge on any atom is -0.398 e. The van der Waals surface area contributed by atoms with Crippen molar-refractivity contribution in [1.82, 2.24) is 9.71 Å². The average molecular weight is 427 g/mol. The first-order chi connectivity index (χ1) is 8.90. The van der Waals surface area contributed by atoms with E-state index in [0.717, 1.165) is 4.88 Å². The molecule has 3 N–H and O–H groups in total. The first-order valence-corrected chi connectivity index (χ1v) is 8.96. The van der Waals surface area contributed by atoms with Gasteiger partial charge in [0.15, 0.2) is 0 Å². The van der Waals surface area contributed by atoms with Crippen molar-refractivity contribution < 1.29 is 8.42 Å². The second kappa shape index (κ2) is 5.88. The van der Waals surface area contributed by atoms with Crippen LogP contribution in [0.4, 0.5) is 5.69 Å². The van der Waals surface area contributed by atoms with Crippen molar-refractivity contribution in [2.24, 2.45) is 0 Å². The molecule has 0 radical (unpaired) electrons. The lowest BCUT2D eigenvalue weighted by Crippen LogP contribution is -2.24. The summed E-state index contributed by atoms with van der Waals surface area (Å²) < 4.78 is 28.1. The molecule has 0 amide bonds. The fraction of sp³-hybridized carbons (Fsp3) is 0.100. The number of hydrogen-bond donors (Lipinski definition) is 2. The van der Waals surface area contributed by atoms with Crippen LogP contribution < -0.4 is 10.5 Å². The fourth-order valence-corrected chi connectivity index (χ4v) is 5.13. The number of aromatic nitrogens is 1. The molecule has 0 atom stereocenters. The highest BCUT2D eigenvalue weighted by Crippen LogP contribution is 2.31. The Hall–Kier alpha value is -0.480. The van der Waals surface area contributed by atoms with Crippen LogP contribution in [-0.2, 0) is 16.6 Å². The van der Waals surface area contributed by atoms with Crippen LogP contribution in [0.15, 0.2) is 37.7 Å². The maximum atomic E-state index is 12.2. The zero-order valence-electron chi connectivity index (χ0n) is 9.43. The van der Waals surface area contributed by atoms with Crippen LogP contribution in [0.25, 0.3) is 0 Å². The zero-order valence-corrected chi connectivity index (χ0v) is 14.2. The van der Waals surface area contributed by atoms with Crippen molar-refractivity contribution in [3.63, 3.8) is 0 Å². The topological polar surface area (TPSA) is 85.1 Å². The third kappa shape index (κ3) is 3.54. The third-order valence-electron chi connectivity index (χ3n) is 2.23. The van der Waals surface area contributed by atoms with Crippen molar-refractivity contribution in [3.05, 3.63) is 37.7 Å². The van der Waals surface area contributed by atoms with Gasteiger partial charge in [-0.1, -0.05) is 15.9 Å². The molecule has 19 heavy (non-hydrogen) atoms. The van der Waals surface area contributed by atoms with Gasteiger partial charge < -0.3 is 5.73 Å². The molecule has 2 aromatic rings. The minimum atomic E-state index is -3.68. The molecule has 5 nitrogen and oxygen atoms in total. The molecule has 0 bridgehead atoms. The number of halogens is 2. The van der Waals surface area contributed by atoms with Gasteiger partial charge in [-0.15, -0.1) is 11.3 Å². The van der Waals surface area contributed by atoms with E-state index in [0.29, 0.717) is 8.95 Å². The van der Waals surface area contributed by atoms with E-state index in [-0.39, 0.29) is 17.1 Å². The molecule has 1 aromatic carbocycles. The van der Waals surface area contributed by atoms with Crippen molar-refractivity contribution in [1.29, 1.82) is 0 Å². The molecule has 0 unspecified atom stereocenters. The molecule has 0 saturated carbocycles. The zero-order chi connectivity index (χ0) is 14.0. The first kappa shape index (κ1) is 14.9. The van der Waals surface area contributed by atoms with E-state index >= 15 is 0 Å². The van der Waals surface area contributed by atoms with Crippen LogP contribution in [-0.4, -0.2) is 13.4 Å². The number of hydrogen-bond acceptors (Lipinski definition) is 5. The molecule has 0 saturated heterocycles. The largest absolute Gasteiger partial charge is 0.398 e. The third-order valence-corrected chi connectivity index (χ3v) is 5.87. The molecule has 1 aromatic heterocycles. The number of nitrogen functional groups attached to an aromatic ring is 1. The molecular weight excluding hydrogens is 418 g/mol. The van der Waals surface area contributed by atoms with Crippen LogP contribution in [0.3, 0.4) is 0 Å². The lowest BCUT2D eigenvalue weighted by Gasteiger charge is -2.10. The van der Waals surface area contributed by atoms with E-state index in [1.807, 2.05) is 0 Å². The Kier molecular flexibility index (Phi) is 4.62. The molecular formula is C10H9Br2N3O2S2. The summed E-state index contributed by atoms with van der Waals surface area (Å²) in [5.74, 6) is 0. The summed E-state index contributed by atoms with van der Waals surface area (Å²) in [6, 6.07) is 3.18. The highest BCUT2D eigenvalue weighted by molar-refractivity contribution is 9.11. The van der Waals surface area contributed by atoms with Crippen molar-refractivity contribution >= 4 is 58.9 Å². The van der Waals surface area contributed by atoms with Gasteiger partial charge in [-0.25, -0.2) is 13.1 Å². The quantitative estimate of drug-likeness (QED) is 0.736. The number of sulfonamides is 1. The summed E-state index contributed by atoms with van der Waals surface area (Å²) >= 11 is 7.85. The summed E-state index contributed by atoms with van der Waals surface area (Å²) in [4.78, 5) is 4.76. The first-order valence-electron chi connectivity index (χ1n) is 5.01. The van der Waals surface area contributed by atoms with Gasteiger partial charge >= 0.3 is 0 Å². The van der Waals surface area contributed by atoms with Crippen LogP contribution in [0.5, 0.6) is 0 Å². The monoisotopic (exact) mass is 425 g/mol. The molecule has 0 aliphatic heterocycles. The molecule has 0 spiro atoms. The number of anilines is 1. The molecule has 2 rings (SSSR count). The summed E-state index contributed by atoms with van der Waals surface area (Å²) in [7, 11) is -3.68. The highest BCUT2D eigenvalue weighted by atomic mass is 79.9. The van der Waals surface area contributed by atoms with Gasteiger partial charge in [0.2, 0.25) is 10.0 Å². The summed E-state index contributed by atoms with van der Waals surface area (Å²) in [6.45, 7) is 0.189. The highest BCUT2D eigenvalue weighted by Gasteiger charge is 2.21. The number of nitrogens with one attached hydrogen (secondary N) is 1. The standard InChI is InChI=1S/C10H9Br2N3O2S2/c11-6-1-8(12)10(9(13)2-6)19(16,17)15-4-7-3-14-5-18-7/h1-3,5,15H,4,13H2. The predicted molar refractivity (Wildman–Crippen MR) is 82.4 cm³/mol. The van der Waals surface area contributed by atoms with Crippen molar-refractivity contribution in [3.8, 4) is 0 Å². The second-order valence-corrected chi connectivity index (χ2v) is 8.04. The fourth-order valence-electron chi connectivity index (χ4n) is 1.43. The number of benzene rings is 1. The van der Waals surface area contributed by atoms with Gasteiger partial charge in [0.05, 0.1) is 11.2 Å². The molecule has 102 valence electrons. The Morgan fingerprint density at radius 2 is 2.11 bits per heavy atom. The van der Waals surface area contributed by atoms with Gasteiger partial charge in [0.25, 0.3) is 0 Å². The van der Waals surface area contributed by atoms with E-state index < -0.39 is 10.0 Å². The maximum absolute atomic E-state index is 12.2. The van der Waals surface area contributed by atoms with E-state index in [1.54, 1.807) is 23.8 Å². The molecule has 1 heterocycles. The van der Waals surface area contributed by atoms with Gasteiger partial charge in [-0.2, -0.15) is 0 Å². The van der Waals surface area contributed by atoms with Gasteiger partial charge in [-0.3, -0.25) is 4.98 Å². The summed E-state index contributed by atoms with van der Waals surface area (Å²) in [5.41, 5.74) is 7.59. The van der Waals surface area contributed by atoms with Crippen LogP contribution in [0, 0.1) is 0 Å². The minimum absolute atomic E-state index is 0.0419.